The second-order valence-corrected chi connectivity index (χ2v) is 17.0. The number of hydrogen-bond donors (Lipinski definition) is 3. The molecule has 8 rings (SSSR count). The lowest BCUT2D eigenvalue weighted by molar-refractivity contribution is -0.119. The van der Waals surface area contributed by atoms with E-state index in [0.29, 0.717) is 94.8 Å². The zero-order valence-electron chi connectivity index (χ0n) is 36.5. The quantitative estimate of drug-likeness (QED) is 0.0539. The molecule has 3 N–H and O–H groups in total. The van der Waals surface area contributed by atoms with Crippen molar-refractivity contribution < 1.29 is 33.3 Å². The number of anilines is 3. The molecule has 0 saturated heterocycles. The van der Waals surface area contributed by atoms with Crippen molar-refractivity contribution in [2.75, 3.05) is 88.5 Å². The average Bonchev–Trinajstić information content (AvgIpc) is 3.95. The highest BCUT2D eigenvalue weighted by molar-refractivity contribution is 7.15. The summed E-state index contributed by atoms with van der Waals surface area (Å²) < 4.78 is 30.4. The summed E-state index contributed by atoms with van der Waals surface area (Å²) in [7, 11) is 0. The summed E-state index contributed by atoms with van der Waals surface area (Å²) in [6.07, 6.45) is 2.14. The Labute approximate surface area is 386 Å². The molecule has 5 heterocycles. The Morgan fingerprint density at radius 3 is 2.26 bits per heavy atom. The minimum absolute atomic E-state index is 0.0160. The number of halogens is 1. The van der Waals surface area contributed by atoms with Crippen LogP contribution in [0.4, 0.5) is 17.2 Å². The van der Waals surface area contributed by atoms with E-state index >= 15 is 0 Å². The van der Waals surface area contributed by atoms with Gasteiger partial charge in [-0.3, -0.25) is 19.1 Å². The van der Waals surface area contributed by atoms with Crippen LogP contribution in [-0.4, -0.2) is 110 Å². The maximum absolute atomic E-state index is 13.9. The molecule has 15 nitrogen and oxygen atoms in total. The normalized spacial score (nSPS) is 13.9. The van der Waals surface area contributed by atoms with Gasteiger partial charge in [0.05, 0.1) is 71.5 Å². The van der Waals surface area contributed by atoms with Gasteiger partial charge in [-0.05, 0) is 98.1 Å². The Bertz CT molecular complexity index is 2630. The van der Waals surface area contributed by atoms with Crippen LogP contribution in [0.5, 0.6) is 5.75 Å². The Hall–Kier alpha value is -6.01. The van der Waals surface area contributed by atoms with E-state index in [2.05, 4.69) is 45.0 Å². The first kappa shape index (κ1) is 45.6. The number of ketones is 1. The maximum atomic E-state index is 13.9. The van der Waals surface area contributed by atoms with Crippen molar-refractivity contribution in [2.24, 2.45) is 4.99 Å². The molecule has 2 aliphatic rings. The largest absolute Gasteiger partial charge is 0.491 e. The third-order valence-corrected chi connectivity index (χ3v) is 12.3. The SMILES string of the molecule is Cc1sc2c(c1C)C(c1ccc(Cl)cc1)=N[C@@H](C(=O)CNc1ccc(OCCOCCOCCOCCOCCNc3ncccc3-c3ccc4c(c3)CC(=O)N4)cc1)c1nnc(C)n1-2. The van der Waals surface area contributed by atoms with E-state index in [0.717, 1.165) is 66.2 Å². The number of amides is 1. The Kier molecular flexibility index (Phi) is 15.3. The molecule has 0 bridgehead atoms. The Balaban J connectivity index is 0.680. The van der Waals surface area contributed by atoms with Gasteiger partial charge in [0.2, 0.25) is 5.91 Å². The minimum Gasteiger partial charge on any atom is -0.491 e. The van der Waals surface area contributed by atoms with Crippen LogP contribution in [0.2, 0.25) is 5.02 Å². The summed E-state index contributed by atoms with van der Waals surface area (Å²) in [4.78, 5) is 36.5. The number of aliphatic imine (C=N–C) groups is 1. The molecule has 0 unspecified atom stereocenters. The monoisotopic (exact) mass is 918 g/mol. The number of Topliss-reactive ketones (excluding diaryl/α,β-unsaturated/α-hetero) is 1. The number of carbonyl (C=O) groups excluding carboxylic acids is 2. The van der Waals surface area contributed by atoms with E-state index in [-0.39, 0.29) is 18.2 Å². The fourth-order valence-electron chi connectivity index (χ4n) is 7.50. The van der Waals surface area contributed by atoms with Gasteiger partial charge in [-0.2, -0.15) is 0 Å². The van der Waals surface area contributed by atoms with Crippen LogP contribution in [0.1, 0.15) is 44.8 Å². The van der Waals surface area contributed by atoms with Gasteiger partial charge in [-0.15, -0.1) is 21.5 Å². The number of aromatic nitrogens is 4. The zero-order chi connectivity index (χ0) is 45.1. The number of aryl methyl sites for hydroxylation is 2. The first-order valence-corrected chi connectivity index (χ1v) is 22.7. The number of hydrogen-bond acceptors (Lipinski definition) is 14. The molecule has 65 heavy (non-hydrogen) atoms. The van der Waals surface area contributed by atoms with Crippen LogP contribution in [0.15, 0.2) is 90.1 Å². The van der Waals surface area contributed by atoms with Crippen molar-refractivity contribution in [3.8, 4) is 21.9 Å². The van der Waals surface area contributed by atoms with Gasteiger partial charge in [0.25, 0.3) is 0 Å². The molecule has 1 atom stereocenters. The van der Waals surface area contributed by atoms with E-state index < -0.39 is 6.04 Å². The van der Waals surface area contributed by atoms with Crippen LogP contribution in [-0.2, 0) is 35.0 Å². The van der Waals surface area contributed by atoms with E-state index in [1.807, 2.05) is 90.4 Å². The van der Waals surface area contributed by atoms with Crippen LogP contribution in [0.25, 0.3) is 16.1 Å². The van der Waals surface area contributed by atoms with Gasteiger partial charge < -0.3 is 39.6 Å². The highest BCUT2D eigenvalue weighted by Crippen LogP contribution is 2.39. The van der Waals surface area contributed by atoms with Gasteiger partial charge in [-0.1, -0.05) is 29.8 Å². The third-order valence-electron chi connectivity index (χ3n) is 10.9. The molecule has 0 fully saturated rings. The van der Waals surface area contributed by atoms with Crippen molar-refractivity contribution in [1.82, 2.24) is 19.7 Å². The molecule has 1 amide bonds. The number of carbonyl (C=O) groups is 2. The second-order valence-electron chi connectivity index (χ2n) is 15.4. The van der Waals surface area contributed by atoms with Gasteiger partial charge >= 0.3 is 0 Å². The predicted molar refractivity (Wildman–Crippen MR) is 252 cm³/mol. The highest BCUT2D eigenvalue weighted by atomic mass is 35.5. The Morgan fingerprint density at radius 1 is 0.831 bits per heavy atom. The van der Waals surface area contributed by atoms with Crippen molar-refractivity contribution in [1.29, 1.82) is 0 Å². The average molecular weight is 920 g/mol. The summed E-state index contributed by atoms with van der Waals surface area (Å²) in [5.74, 6) is 2.52. The maximum Gasteiger partial charge on any atom is 0.228 e. The lowest BCUT2D eigenvalue weighted by Crippen LogP contribution is -2.23. The molecule has 0 saturated carbocycles. The number of nitrogens with one attached hydrogen (secondary N) is 3. The number of benzene rings is 3. The smallest absolute Gasteiger partial charge is 0.228 e. The molecule has 17 heteroatoms. The van der Waals surface area contributed by atoms with E-state index in [4.69, 9.17) is 40.3 Å². The third kappa shape index (κ3) is 11.3. The van der Waals surface area contributed by atoms with Crippen LogP contribution < -0.4 is 20.7 Å². The minimum atomic E-state index is -0.869. The summed E-state index contributed by atoms with van der Waals surface area (Å²) in [6.45, 7) is 10.7. The number of thiophene rings is 1. The number of rotatable bonds is 23. The molecule has 0 radical (unpaired) electrons. The lowest BCUT2D eigenvalue weighted by atomic mass is 9.99. The van der Waals surface area contributed by atoms with Crippen molar-refractivity contribution in [3.63, 3.8) is 0 Å². The summed E-state index contributed by atoms with van der Waals surface area (Å²) in [6, 6.07) is 24.0. The molecule has 338 valence electrons. The molecule has 6 aromatic rings. The van der Waals surface area contributed by atoms with Gasteiger partial charge in [-0.25, -0.2) is 4.98 Å². The van der Waals surface area contributed by atoms with E-state index in [1.54, 1.807) is 17.5 Å². The molecule has 2 aliphatic heterocycles. The summed E-state index contributed by atoms with van der Waals surface area (Å²) in [5.41, 5.74) is 8.29. The number of fused-ring (bicyclic) bond motifs is 4. The zero-order valence-corrected chi connectivity index (χ0v) is 38.1. The van der Waals surface area contributed by atoms with Crippen molar-refractivity contribution in [2.45, 2.75) is 33.2 Å². The summed E-state index contributed by atoms with van der Waals surface area (Å²) in [5, 5.41) is 19.9. The van der Waals surface area contributed by atoms with Crippen LogP contribution in [0, 0.1) is 20.8 Å². The van der Waals surface area contributed by atoms with E-state index in [9.17, 15) is 9.59 Å². The number of pyridine rings is 1. The standard InChI is InChI=1S/C48H51ClN8O7S/c1-30-31(2)65-48-43(30)44(33-6-9-36(49)10-7-33)54-45(47-56-55-32(3)57(47)48)41(58)29-52-37-11-13-38(14-12-37)64-26-25-63-24-23-62-22-21-61-20-19-60-18-17-51-46-39(5-4-16-50-46)34-8-15-40-35(27-34)28-42(59)53-40/h4-16,27,45,52H,17-26,28-29H2,1-3H3,(H,50,51)(H,53,59)/t45-/m0/s1. The first-order chi connectivity index (χ1) is 31.7. The fraction of sp³-hybridized carbons (Fsp3) is 0.333. The molecule has 0 spiro atoms. The Morgan fingerprint density at radius 2 is 1.52 bits per heavy atom. The topological polar surface area (TPSA) is 172 Å². The van der Waals surface area contributed by atoms with Crippen LogP contribution >= 0.6 is 22.9 Å². The van der Waals surface area contributed by atoms with Crippen molar-refractivity contribution >= 4 is 57.5 Å². The number of ether oxygens (including phenoxy) is 5. The highest BCUT2D eigenvalue weighted by Gasteiger charge is 2.34. The fourth-order valence-corrected chi connectivity index (χ4v) is 8.84. The molecule has 3 aromatic heterocycles. The van der Waals surface area contributed by atoms with Gasteiger partial charge in [0.15, 0.2) is 17.6 Å². The van der Waals surface area contributed by atoms with E-state index in [1.165, 1.54) is 0 Å². The predicted octanol–water partition coefficient (Wildman–Crippen LogP) is 7.59. The lowest BCUT2D eigenvalue weighted by Gasteiger charge is -2.13. The number of nitrogens with zero attached hydrogens (tertiary/aromatic N) is 5. The van der Waals surface area contributed by atoms with Gasteiger partial charge in [0, 0.05) is 50.7 Å². The molecule has 0 aliphatic carbocycles. The summed E-state index contributed by atoms with van der Waals surface area (Å²) >= 11 is 7.88. The molecular weight excluding hydrogens is 868 g/mol. The molecular formula is C48H51ClN8O7S. The molecule has 3 aromatic carbocycles. The van der Waals surface area contributed by atoms with Crippen LogP contribution in [0.3, 0.4) is 0 Å². The first-order valence-electron chi connectivity index (χ1n) is 21.5. The van der Waals surface area contributed by atoms with Crippen molar-refractivity contribution in [3.05, 3.63) is 129 Å². The second kappa shape index (κ2) is 21.8. The van der Waals surface area contributed by atoms with Gasteiger partial charge in [0.1, 0.15) is 29.0 Å².